The molecule has 2 atom stereocenters. The van der Waals surface area contributed by atoms with E-state index in [1.54, 1.807) is 0 Å². The third-order valence-electron chi connectivity index (χ3n) is 3.60. The standard InChI is InChI=1S/C15H15NO/c1-10-14(9-15(17)16-10)13-7-6-11-4-2-3-5-12(11)8-13/h2-8,10,14H,9H2,1H3,(H,16,17). The molecule has 1 aliphatic rings. The van der Waals surface area contributed by atoms with Gasteiger partial charge >= 0.3 is 0 Å². The fraction of sp³-hybridized carbons (Fsp3) is 0.267. The van der Waals surface area contributed by atoms with Gasteiger partial charge in [-0.15, -0.1) is 0 Å². The molecule has 3 rings (SSSR count). The summed E-state index contributed by atoms with van der Waals surface area (Å²) in [5.41, 5.74) is 1.26. The van der Waals surface area contributed by atoms with Gasteiger partial charge in [0.2, 0.25) is 5.91 Å². The van der Waals surface area contributed by atoms with Gasteiger partial charge in [-0.2, -0.15) is 0 Å². The summed E-state index contributed by atoms with van der Waals surface area (Å²) in [6.07, 6.45) is 0.611. The topological polar surface area (TPSA) is 29.1 Å². The van der Waals surface area contributed by atoms with Crippen molar-refractivity contribution in [2.45, 2.75) is 25.3 Å². The number of hydrogen-bond acceptors (Lipinski definition) is 1. The van der Waals surface area contributed by atoms with Gasteiger partial charge in [-0.05, 0) is 23.3 Å². The smallest absolute Gasteiger partial charge is 0.220 e. The molecule has 1 heterocycles. The molecule has 0 radical (unpaired) electrons. The fourth-order valence-electron chi connectivity index (χ4n) is 2.63. The fourth-order valence-corrected chi connectivity index (χ4v) is 2.63. The molecular weight excluding hydrogens is 210 g/mol. The number of rotatable bonds is 1. The van der Waals surface area contributed by atoms with Crippen molar-refractivity contribution in [2.75, 3.05) is 0 Å². The molecule has 2 heteroatoms. The van der Waals surface area contributed by atoms with Gasteiger partial charge in [-0.1, -0.05) is 42.5 Å². The van der Waals surface area contributed by atoms with E-state index in [9.17, 15) is 4.79 Å². The average Bonchev–Trinajstić information content (AvgIpc) is 2.68. The molecule has 1 amide bonds. The summed E-state index contributed by atoms with van der Waals surface area (Å²) in [5.74, 6) is 0.475. The maximum Gasteiger partial charge on any atom is 0.220 e. The molecule has 1 N–H and O–H groups in total. The molecule has 2 aromatic carbocycles. The van der Waals surface area contributed by atoms with Gasteiger partial charge in [0, 0.05) is 18.4 Å². The van der Waals surface area contributed by atoms with E-state index in [0.717, 1.165) is 0 Å². The molecule has 0 saturated carbocycles. The number of carbonyl (C=O) groups is 1. The van der Waals surface area contributed by atoms with Crippen LogP contribution in [0.15, 0.2) is 42.5 Å². The van der Waals surface area contributed by atoms with Gasteiger partial charge < -0.3 is 5.32 Å². The Balaban J connectivity index is 2.03. The van der Waals surface area contributed by atoms with E-state index in [-0.39, 0.29) is 11.9 Å². The SMILES string of the molecule is CC1NC(=O)CC1c1ccc2ccccc2c1. The summed E-state index contributed by atoms with van der Waals surface area (Å²) in [6.45, 7) is 2.07. The second-order valence-corrected chi connectivity index (χ2v) is 4.77. The van der Waals surface area contributed by atoms with Gasteiger partial charge in [0.1, 0.15) is 0 Å². The lowest BCUT2D eigenvalue weighted by atomic mass is 9.91. The predicted octanol–water partition coefficient (Wildman–Crippen LogP) is 2.83. The van der Waals surface area contributed by atoms with E-state index in [4.69, 9.17) is 0 Å². The summed E-state index contributed by atoms with van der Waals surface area (Å²) in [4.78, 5) is 11.4. The summed E-state index contributed by atoms with van der Waals surface area (Å²) >= 11 is 0. The van der Waals surface area contributed by atoms with Crippen LogP contribution >= 0.6 is 0 Å². The molecule has 2 unspecified atom stereocenters. The zero-order valence-electron chi connectivity index (χ0n) is 9.81. The van der Waals surface area contributed by atoms with Crippen LogP contribution in [-0.4, -0.2) is 11.9 Å². The maximum atomic E-state index is 11.4. The first-order valence-electron chi connectivity index (χ1n) is 6.02. The van der Waals surface area contributed by atoms with Crippen molar-refractivity contribution in [1.82, 2.24) is 5.32 Å². The zero-order chi connectivity index (χ0) is 11.8. The van der Waals surface area contributed by atoms with Crippen molar-refractivity contribution in [3.63, 3.8) is 0 Å². The molecule has 0 aromatic heterocycles. The van der Waals surface area contributed by atoms with Crippen LogP contribution in [-0.2, 0) is 4.79 Å². The Morgan fingerprint density at radius 1 is 1.12 bits per heavy atom. The average molecular weight is 225 g/mol. The highest BCUT2D eigenvalue weighted by molar-refractivity contribution is 5.84. The molecule has 1 fully saturated rings. The van der Waals surface area contributed by atoms with Gasteiger partial charge in [0.25, 0.3) is 0 Å². The highest BCUT2D eigenvalue weighted by Gasteiger charge is 2.29. The van der Waals surface area contributed by atoms with Crippen molar-refractivity contribution >= 4 is 16.7 Å². The Hall–Kier alpha value is -1.83. The molecule has 86 valence electrons. The van der Waals surface area contributed by atoms with Gasteiger partial charge in [-0.25, -0.2) is 0 Å². The number of benzene rings is 2. The van der Waals surface area contributed by atoms with Gasteiger partial charge in [0.05, 0.1) is 0 Å². The molecule has 2 nitrogen and oxygen atoms in total. The van der Waals surface area contributed by atoms with Crippen LogP contribution in [0.1, 0.15) is 24.8 Å². The van der Waals surface area contributed by atoms with Crippen LogP contribution in [0, 0.1) is 0 Å². The Morgan fingerprint density at radius 3 is 2.59 bits per heavy atom. The molecule has 0 bridgehead atoms. The van der Waals surface area contributed by atoms with E-state index in [0.29, 0.717) is 12.3 Å². The first kappa shape index (κ1) is 10.3. The normalized spacial score (nSPS) is 23.9. The third-order valence-corrected chi connectivity index (χ3v) is 3.60. The lowest BCUT2D eigenvalue weighted by Gasteiger charge is -2.15. The first-order chi connectivity index (χ1) is 8.24. The van der Waals surface area contributed by atoms with Crippen molar-refractivity contribution in [3.8, 4) is 0 Å². The molecular formula is C15H15NO. The summed E-state index contributed by atoms with van der Waals surface area (Å²) < 4.78 is 0. The van der Waals surface area contributed by atoms with Crippen LogP contribution < -0.4 is 5.32 Å². The van der Waals surface area contributed by atoms with Crippen LogP contribution in [0.25, 0.3) is 10.8 Å². The molecule has 17 heavy (non-hydrogen) atoms. The third kappa shape index (κ3) is 1.80. The number of amides is 1. The molecule has 0 spiro atoms. The lowest BCUT2D eigenvalue weighted by Crippen LogP contribution is -2.24. The number of carbonyl (C=O) groups excluding carboxylic acids is 1. The second kappa shape index (κ2) is 3.88. The van der Waals surface area contributed by atoms with Crippen LogP contribution in [0.4, 0.5) is 0 Å². The number of nitrogens with one attached hydrogen (secondary N) is 1. The second-order valence-electron chi connectivity index (χ2n) is 4.77. The zero-order valence-corrected chi connectivity index (χ0v) is 9.81. The first-order valence-corrected chi connectivity index (χ1v) is 6.02. The highest BCUT2D eigenvalue weighted by atomic mass is 16.1. The Kier molecular flexibility index (Phi) is 2.36. The monoisotopic (exact) mass is 225 g/mol. The van der Waals surface area contributed by atoms with E-state index in [1.807, 2.05) is 12.1 Å². The largest absolute Gasteiger partial charge is 0.353 e. The van der Waals surface area contributed by atoms with E-state index in [1.165, 1.54) is 16.3 Å². The quantitative estimate of drug-likeness (QED) is 0.794. The summed E-state index contributed by atoms with van der Waals surface area (Å²) in [7, 11) is 0. The van der Waals surface area contributed by atoms with Crippen molar-refractivity contribution < 1.29 is 4.79 Å². The number of hydrogen-bond donors (Lipinski definition) is 1. The minimum Gasteiger partial charge on any atom is -0.353 e. The Bertz CT molecular complexity index is 576. The Labute approximate surface area is 101 Å². The minimum absolute atomic E-state index is 0.163. The van der Waals surface area contributed by atoms with E-state index >= 15 is 0 Å². The molecule has 1 saturated heterocycles. The summed E-state index contributed by atoms with van der Waals surface area (Å²) in [6, 6.07) is 15.1. The molecule has 1 aliphatic heterocycles. The van der Waals surface area contributed by atoms with Crippen LogP contribution in [0.3, 0.4) is 0 Å². The van der Waals surface area contributed by atoms with Crippen molar-refractivity contribution in [1.29, 1.82) is 0 Å². The Morgan fingerprint density at radius 2 is 1.88 bits per heavy atom. The van der Waals surface area contributed by atoms with Crippen LogP contribution in [0.5, 0.6) is 0 Å². The molecule has 2 aromatic rings. The minimum atomic E-state index is 0.163. The van der Waals surface area contributed by atoms with E-state index < -0.39 is 0 Å². The van der Waals surface area contributed by atoms with E-state index in [2.05, 4.69) is 42.6 Å². The summed E-state index contributed by atoms with van der Waals surface area (Å²) in [5, 5.41) is 5.47. The lowest BCUT2D eigenvalue weighted by molar-refractivity contribution is -0.119. The van der Waals surface area contributed by atoms with Gasteiger partial charge in [0.15, 0.2) is 0 Å². The van der Waals surface area contributed by atoms with Crippen LogP contribution in [0.2, 0.25) is 0 Å². The highest BCUT2D eigenvalue weighted by Crippen LogP contribution is 2.30. The maximum absolute atomic E-state index is 11.4. The van der Waals surface area contributed by atoms with Crippen molar-refractivity contribution in [2.24, 2.45) is 0 Å². The predicted molar refractivity (Wildman–Crippen MR) is 68.9 cm³/mol. The van der Waals surface area contributed by atoms with Crippen molar-refractivity contribution in [3.05, 3.63) is 48.0 Å². The number of fused-ring (bicyclic) bond motifs is 1. The van der Waals surface area contributed by atoms with Gasteiger partial charge in [-0.3, -0.25) is 4.79 Å². The molecule has 0 aliphatic carbocycles.